The van der Waals surface area contributed by atoms with E-state index in [9.17, 15) is 5.11 Å². The van der Waals surface area contributed by atoms with Crippen molar-refractivity contribution in [3.63, 3.8) is 0 Å². The number of ether oxygens (including phenoxy) is 1. The van der Waals surface area contributed by atoms with Gasteiger partial charge in [0, 0.05) is 5.92 Å². The zero-order valence-corrected chi connectivity index (χ0v) is 10.4. The van der Waals surface area contributed by atoms with E-state index >= 15 is 0 Å². The van der Waals surface area contributed by atoms with Gasteiger partial charge in [-0.15, -0.1) is 0 Å². The molecule has 1 N–H and O–H groups in total. The van der Waals surface area contributed by atoms with Gasteiger partial charge in [-0.1, -0.05) is 30.7 Å². The lowest BCUT2D eigenvalue weighted by Gasteiger charge is -2.29. The van der Waals surface area contributed by atoms with Crippen LogP contribution >= 0.6 is 0 Å². The van der Waals surface area contributed by atoms with Gasteiger partial charge in [0.2, 0.25) is 0 Å². The van der Waals surface area contributed by atoms with Crippen molar-refractivity contribution in [2.75, 3.05) is 7.11 Å². The highest BCUT2D eigenvalue weighted by molar-refractivity contribution is 5.29. The van der Waals surface area contributed by atoms with E-state index in [1.807, 2.05) is 24.3 Å². The summed E-state index contributed by atoms with van der Waals surface area (Å²) in [5.41, 5.74) is 2.15. The van der Waals surface area contributed by atoms with Crippen molar-refractivity contribution in [1.82, 2.24) is 0 Å². The molecule has 1 aliphatic carbocycles. The summed E-state index contributed by atoms with van der Waals surface area (Å²) in [7, 11) is 1.65. The average molecular weight is 232 g/mol. The Morgan fingerprint density at radius 2 is 2.00 bits per heavy atom. The van der Waals surface area contributed by atoms with Crippen molar-refractivity contribution in [3.8, 4) is 5.75 Å². The maximum atomic E-state index is 10.4. The molecule has 1 aromatic carbocycles. The van der Waals surface area contributed by atoms with Crippen molar-refractivity contribution < 1.29 is 9.84 Å². The average Bonchev–Trinajstić information content (AvgIpc) is 2.39. The van der Waals surface area contributed by atoms with Crippen LogP contribution in [-0.4, -0.2) is 12.2 Å². The predicted octanol–water partition coefficient (Wildman–Crippen LogP) is 3.48. The number of hydrogen-bond donors (Lipinski definition) is 1. The first-order valence-corrected chi connectivity index (χ1v) is 6.22. The maximum absolute atomic E-state index is 10.4. The topological polar surface area (TPSA) is 29.5 Å². The number of rotatable bonds is 3. The normalized spacial score (nSPS) is 22.2. The second kappa shape index (κ2) is 5.37. The summed E-state index contributed by atoms with van der Waals surface area (Å²) < 4.78 is 5.12. The minimum Gasteiger partial charge on any atom is -0.497 e. The number of aliphatic hydroxyl groups excluding tert-OH is 1. The second-order valence-corrected chi connectivity index (χ2v) is 4.73. The van der Waals surface area contributed by atoms with Gasteiger partial charge >= 0.3 is 0 Å². The zero-order valence-electron chi connectivity index (χ0n) is 10.4. The Bertz CT molecular complexity index is 380. The largest absolute Gasteiger partial charge is 0.497 e. The molecular weight excluding hydrogens is 212 g/mol. The Labute approximate surface area is 103 Å². The van der Waals surface area contributed by atoms with Gasteiger partial charge in [-0.05, 0) is 37.0 Å². The predicted molar refractivity (Wildman–Crippen MR) is 69.1 cm³/mol. The zero-order chi connectivity index (χ0) is 12.3. The minimum absolute atomic E-state index is 0.220. The van der Waals surface area contributed by atoms with Crippen molar-refractivity contribution in [2.24, 2.45) is 5.92 Å². The summed E-state index contributed by atoms with van der Waals surface area (Å²) in [6, 6.07) is 7.66. The van der Waals surface area contributed by atoms with Gasteiger partial charge < -0.3 is 9.84 Å². The number of hydrogen-bond acceptors (Lipinski definition) is 2. The molecule has 0 heterocycles. The van der Waals surface area contributed by atoms with E-state index < -0.39 is 6.10 Å². The third kappa shape index (κ3) is 2.70. The summed E-state index contributed by atoms with van der Waals surface area (Å²) in [5, 5.41) is 10.4. The van der Waals surface area contributed by atoms with Gasteiger partial charge in [-0.2, -0.15) is 0 Å². The van der Waals surface area contributed by atoms with Crippen LogP contribution in [0.5, 0.6) is 5.75 Å². The highest BCUT2D eigenvalue weighted by atomic mass is 16.5. The summed E-state index contributed by atoms with van der Waals surface area (Å²) in [6.45, 7) is 4.09. The molecule has 0 spiro atoms. The third-order valence-electron chi connectivity index (χ3n) is 3.63. The first kappa shape index (κ1) is 12.2. The Morgan fingerprint density at radius 1 is 1.29 bits per heavy atom. The number of aliphatic hydroxyl groups is 1. The lowest BCUT2D eigenvalue weighted by Crippen LogP contribution is -2.18. The van der Waals surface area contributed by atoms with Gasteiger partial charge in [-0.3, -0.25) is 0 Å². The smallest absolute Gasteiger partial charge is 0.118 e. The van der Waals surface area contributed by atoms with Crippen LogP contribution in [0, 0.1) is 5.92 Å². The van der Waals surface area contributed by atoms with Gasteiger partial charge in [0.05, 0.1) is 13.2 Å². The Kier molecular flexibility index (Phi) is 3.85. The highest BCUT2D eigenvalue weighted by Gasteiger charge is 2.25. The van der Waals surface area contributed by atoms with Crippen molar-refractivity contribution in [3.05, 3.63) is 42.0 Å². The first-order chi connectivity index (χ1) is 8.22. The SMILES string of the molecule is C=C1CCCCC1C(O)c1ccc(OC)cc1. The lowest BCUT2D eigenvalue weighted by molar-refractivity contribution is 0.112. The van der Waals surface area contributed by atoms with Crippen LogP contribution < -0.4 is 4.74 Å². The van der Waals surface area contributed by atoms with E-state index in [4.69, 9.17) is 4.74 Å². The van der Waals surface area contributed by atoms with E-state index in [1.54, 1.807) is 7.11 Å². The van der Waals surface area contributed by atoms with Crippen molar-refractivity contribution >= 4 is 0 Å². The van der Waals surface area contributed by atoms with Crippen LogP contribution in [0.3, 0.4) is 0 Å². The summed E-state index contributed by atoms with van der Waals surface area (Å²) >= 11 is 0. The molecule has 0 bridgehead atoms. The quantitative estimate of drug-likeness (QED) is 0.808. The molecule has 0 radical (unpaired) electrons. The summed E-state index contributed by atoms with van der Waals surface area (Å²) in [4.78, 5) is 0. The third-order valence-corrected chi connectivity index (χ3v) is 3.63. The molecule has 0 aliphatic heterocycles. The fourth-order valence-electron chi connectivity index (χ4n) is 2.52. The Hall–Kier alpha value is -1.28. The maximum Gasteiger partial charge on any atom is 0.118 e. The lowest BCUT2D eigenvalue weighted by atomic mass is 9.79. The molecule has 2 heteroatoms. The van der Waals surface area contributed by atoms with E-state index in [2.05, 4.69) is 6.58 Å². The van der Waals surface area contributed by atoms with Gasteiger partial charge in [0.1, 0.15) is 5.75 Å². The molecule has 0 saturated heterocycles. The second-order valence-electron chi connectivity index (χ2n) is 4.73. The molecule has 2 unspecified atom stereocenters. The van der Waals surface area contributed by atoms with Crippen molar-refractivity contribution in [2.45, 2.75) is 31.8 Å². The van der Waals surface area contributed by atoms with Crippen LogP contribution in [0.15, 0.2) is 36.4 Å². The number of methoxy groups -OCH3 is 1. The molecule has 2 atom stereocenters. The standard InChI is InChI=1S/C15H20O2/c1-11-5-3-4-6-14(11)15(16)12-7-9-13(17-2)10-8-12/h7-10,14-16H,1,3-6H2,2H3. The molecule has 1 fully saturated rings. The summed E-state index contributed by atoms with van der Waals surface area (Å²) in [6.07, 6.45) is 4.08. The first-order valence-electron chi connectivity index (χ1n) is 6.22. The van der Waals surface area contributed by atoms with E-state index in [0.717, 1.165) is 24.2 Å². The van der Waals surface area contributed by atoms with Crippen LogP contribution in [0.25, 0.3) is 0 Å². The minimum atomic E-state index is -0.422. The fraction of sp³-hybridized carbons (Fsp3) is 0.467. The molecule has 1 aromatic rings. The van der Waals surface area contributed by atoms with Crippen LogP contribution in [0.2, 0.25) is 0 Å². The van der Waals surface area contributed by atoms with Crippen LogP contribution in [-0.2, 0) is 0 Å². The molecular formula is C15H20O2. The molecule has 1 saturated carbocycles. The van der Waals surface area contributed by atoms with E-state index in [0.29, 0.717) is 0 Å². The molecule has 17 heavy (non-hydrogen) atoms. The van der Waals surface area contributed by atoms with Gasteiger partial charge in [0.15, 0.2) is 0 Å². The molecule has 0 amide bonds. The van der Waals surface area contributed by atoms with Gasteiger partial charge in [-0.25, -0.2) is 0 Å². The van der Waals surface area contributed by atoms with Gasteiger partial charge in [0.25, 0.3) is 0 Å². The molecule has 92 valence electrons. The van der Waals surface area contributed by atoms with Crippen molar-refractivity contribution in [1.29, 1.82) is 0 Å². The monoisotopic (exact) mass is 232 g/mol. The highest BCUT2D eigenvalue weighted by Crippen LogP contribution is 2.37. The molecule has 0 aromatic heterocycles. The Balaban J connectivity index is 2.12. The fourth-order valence-corrected chi connectivity index (χ4v) is 2.52. The van der Waals surface area contributed by atoms with Crippen LogP contribution in [0.4, 0.5) is 0 Å². The van der Waals surface area contributed by atoms with E-state index in [1.165, 1.54) is 18.4 Å². The number of benzene rings is 1. The Morgan fingerprint density at radius 3 is 2.59 bits per heavy atom. The molecule has 2 nitrogen and oxygen atoms in total. The van der Waals surface area contributed by atoms with Crippen LogP contribution in [0.1, 0.15) is 37.4 Å². The molecule has 1 aliphatic rings. The van der Waals surface area contributed by atoms with E-state index in [-0.39, 0.29) is 5.92 Å². The molecule has 2 rings (SSSR count). The summed E-state index contributed by atoms with van der Waals surface area (Å²) in [5.74, 6) is 1.04.